The Labute approximate surface area is 129 Å². The molecule has 2 amide bonds. The van der Waals surface area contributed by atoms with Crippen LogP contribution in [0, 0.1) is 0 Å². The number of carbonyl (C=O) groups is 2. The molecule has 1 atom stereocenters. The number of fused-ring (bicyclic) bond motifs is 1. The highest BCUT2D eigenvalue weighted by Crippen LogP contribution is 2.19. The van der Waals surface area contributed by atoms with Crippen molar-refractivity contribution in [1.82, 2.24) is 9.47 Å². The largest absolute Gasteiger partial charge is 0.341 e. The summed E-state index contributed by atoms with van der Waals surface area (Å²) in [5.41, 5.74) is 2.56. The molecule has 22 heavy (non-hydrogen) atoms. The third-order valence-electron chi connectivity index (χ3n) is 4.11. The molecule has 2 heterocycles. The number of benzene rings is 1. The number of aryl methyl sites for hydroxylation is 1. The average molecular weight is 297 g/mol. The Balaban J connectivity index is 1.79. The van der Waals surface area contributed by atoms with Gasteiger partial charge in [0.05, 0.1) is 6.54 Å². The molecule has 0 bridgehead atoms. The fraction of sp³-hybridized carbons (Fsp3) is 0.294. The first-order valence-corrected chi connectivity index (χ1v) is 7.42. The molecule has 1 unspecified atom stereocenters. The van der Waals surface area contributed by atoms with Crippen molar-refractivity contribution in [3.05, 3.63) is 53.9 Å². The van der Waals surface area contributed by atoms with Crippen LogP contribution in [0.4, 0.5) is 5.69 Å². The third kappa shape index (κ3) is 2.50. The van der Waals surface area contributed by atoms with E-state index in [4.69, 9.17) is 0 Å². The van der Waals surface area contributed by atoms with Gasteiger partial charge in [0.1, 0.15) is 11.7 Å². The van der Waals surface area contributed by atoms with Crippen molar-refractivity contribution in [1.29, 1.82) is 0 Å². The van der Waals surface area contributed by atoms with E-state index in [2.05, 4.69) is 12.2 Å². The highest BCUT2D eigenvalue weighted by molar-refractivity contribution is 6.01. The summed E-state index contributed by atoms with van der Waals surface area (Å²) in [6.45, 7) is 2.55. The maximum Gasteiger partial charge on any atom is 0.270 e. The molecule has 0 aliphatic carbocycles. The maximum atomic E-state index is 12.5. The fourth-order valence-corrected chi connectivity index (χ4v) is 2.75. The first kappa shape index (κ1) is 14.4. The Kier molecular flexibility index (Phi) is 3.71. The molecule has 0 saturated heterocycles. The lowest BCUT2D eigenvalue weighted by molar-refractivity contribution is -0.120. The van der Waals surface area contributed by atoms with Crippen LogP contribution in [0.5, 0.6) is 0 Å². The highest BCUT2D eigenvalue weighted by atomic mass is 16.2. The van der Waals surface area contributed by atoms with Crippen molar-refractivity contribution >= 4 is 17.5 Å². The Hall–Kier alpha value is -2.56. The van der Waals surface area contributed by atoms with Gasteiger partial charge in [-0.05, 0) is 36.2 Å². The van der Waals surface area contributed by atoms with Crippen molar-refractivity contribution < 1.29 is 9.59 Å². The Morgan fingerprint density at radius 3 is 2.91 bits per heavy atom. The number of likely N-dealkylation sites (N-methyl/N-ethyl adjacent to an activating group) is 1. The van der Waals surface area contributed by atoms with E-state index in [1.165, 1.54) is 10.5 Å². The van der Waals surface area contributed by atoms with Crippen molar-refractivity contribution in [2.24, 2.45) is 0 Å². The van der Waals surface area contributed by atoms with E-state index in [9.17, 15) is 9.59 Å². The van der Waals surface area contributed by atoms with E-state index < -0.39 is 6.04 Å². The molecule has 1 aromatic carbocycles. The zero-order valence-electron chi connectivity index (χ0n) is 12.7. The molecule has 5 heteroatoms. The molecule has 3 rings (SSSR count). The molecule has 1 N–H and O–H groups in total. The zero-order chi connectivity index (χ0) is 15.7. The Morgan fingerprint density at radius 1 is 1.32 bits per heavy atom. The predicted molar refractivity (Wildman–Crippen MR) is 84.8 cm³/mol. The van der Waals surface area contributed by atoms with Crippen LogP contribution in [0.3, 0.4) is 0 Å². The number of anilines is 1. The van der Waals surface area contributed by atoms with E-state index in [1.807, 2.05) is 41.1 Å². The molecule has 0 spiro atoms. The van der Waals surface area contributed by atoms with Gasteiger partial charge >= 0.3 is 0 Å². The van der Waals surface area contributed by atoms with Crippen LogP contribution in [0.25, 0.3) is 0 Å². The topological polar surface area (TPSA) is 54.3 Å². The molecule has 0 fully saturated rings. The summed E-state index contributed by atoms with van der Waals surface area (Å²) in [6.07, 6.45) is 2.75. The average Bonchev–Trinajstić information content (AvgIpc) is 2.99. The number of amides is 2. The van der Waals surface area contributed by atoms with E-state index in [0.29, 0.717) is 12.2 Å². The fourth-order valence-electron chi connectivity index (χ4n) is 2.75. The first-order chi connectivity index (χ1) is 10.6. The van der Waals surface area contributed by atoms with Crippen molar-refractivity contribution in [2.75, 3.05) is 12.4 Å². The molecule has 5 nitrogen and oxygen atoms in total. The van der Waals surface area contributed by atoms with Crippen LogP contribution in [-0.4, -0.2) is 34.4 Å². The van der Waals surface area contributed by atoms with Gasteiger partial charge in [0.25, 0.3) is 5.91 Å². The first-order valence-electron chi connectivity index (χ1n) is 7.42. The molecule has 0 radical (unpaired) electrons. The van der Waals surface area contributed by atoms with Crippen LogP contribution in [-0.2, 0) is 17.8 Å². The lowest BCUT2D eigenvalue weighted by atomic mass is 10.1. The van der Waals surface area contributed by atoms with Crippen LogP contribution in [0.15, 0.2) is 42.6 Å². The summed E-state index contributed by atoms with van der Waals surface area (Å²) < 4.78 is 1.83. The molecular formula is C17H19N3O2. The third-order valence-corrected chi connectivity index (χ3v) is 4.11. The summed E-state index contributed by atoms with van der Waals surface area (Å²) in [5, 5.41) is 2.91. The standard InChI is InChI=1S/C17H19N3O2/c1-3-12-6-4-7-13(10-12)18-16(21)15-11-20-9-5-8-14(20)17(22)19(15)2/h4-10,15H,3,11H2,1-2H3,(H,18,21). The number of nitrogens with zero attached hydrogens (tertiary/aromatic N) is 2. The minimum Gasteiger partial charge on any atom is -0.341 e. The minimum absolute atomic E-state index is 0.126. The number of nitrogens with one attached hydrogen (secondary N) is 1. The summed E-state index contributed by atoms with van der Waals surface area (Å²) in [5.74, 6) is -0.290. The maximum absolute atomic E-state index is 12.5. The molecular weight excluding hydrogens is 278 g/mol. The van der Waals surface area contributed by atoms with E-state index in [1.54, 1.807) is 13.1 Å². The zero-order valence-corrected chi connectivity index (χ0v) is 12.7. The van der Waals surface area contributed by atoms with Gasteiger partial charge in [-0.1, -0.05) is 19.1 Å². The molecule has 1 aliphatic heterocycles. The summed E-state index contributed by atoms with van der Waals surface area (Å²) in [6, 6.07) is 10.9. The SMILES string of the molecule is CCc1cccc(NC(=O)C2Cn3cccc3C(=O)N2C)c1. The second kappa shape index (κ2) is 5.67. The number of aromatic nitrogens is 1. The van der Waals surface area contributed by atoms with Gasteiger partial charge in [0, 0.05) is 18.9 Å². The summed E-state index contributed by atoms with van der Waals surface area (Å²) >= 11 is 0. The second-order valence-electron chi connectivity index (χ2n) is 5.52. The monoisotopic (exact) mass is 297 g/mol. The number of hydrogen-bond donors (Lipinski definition) is 1. The van der Waals surface area contributed by atoms with Gasteiger partial charge in [-0.2, -0.15) is 0 Å². The highest BCUT2D eigenvalue weighted by Gasteiger charge is 2.34. The van der Waals surface area contributed by atoms with Gasteiger partial charge in [-0.3, -0.25) is 9.59 Å². The summed E-state index contributed by atoms with van der Waals surface area (Å²) in [7, 11) is 1.67. The van der Waals surface area contributed by atoms with E-state index >= 15 is 0 Å². The van der Waals surface area contributed by atoms with Gasteiger partial charge in [0.2, 0.25) is 5.91 Å². The van der Waals surface area contributed by atoms with Gasteiger partial charge < -0.3 is 14.8 Å². The van der Waals surface area contributed by atoms with E-state index in [-0.39, 0.29) is 11.8 Å². The molecule has 1 aliphatic rings. The quantitative estimate of drug-likeness (QED) is 0.943. The second-order valence-corrected chi connectivity index (χ2v) is 5.52. The van der Waals surface area contributed by atoms with Crippen LogP contribution < -0.4 is 5.32 Å². The molecule has 114 valence electrons. The van der Waals surface area contributed by atoms with Crippen LogP contribution >= 0.6 is 0 Å². The number of hydrogen-bond acceptors (Lipinski definition) is 2. The van der Waals surface area contributed by atoms with Crippen molar-refractivity contribution in [3.8, 4) is 0 Å². The lowest BCUT2D eigenvalue weighted by Gasteiger charge is -2.32. The molecule has 2 aromatic rings. The van der Waals surface area contributed by atoms with Crippen molar-refractivity contribution in [2.45, 2.75) is 25.9 Å². The van der Waals surface area contributed by atoms with Gasteiger partial charge in [0.15, 0.2) is 0 Å². The van der Waals surface area contributed by atoms with Crippen LogP contribution in [0.1, 0.15) is 23.0 Å². The lowest BCUT2D eigenvalue weighted by Crippen LogP contribution is -2.51. The van der Waals surface area contributed by atoms with E-state index in [0.717, 1.165) is 12.1 Å². The minimum atomic E-state index is -0.502. The number of carbonyl (C=O) groups excluding carboxylic acids is 2. The van der Waals surface area contributed by atoms with Gasteiger partial charge in [-0.25, -0.2) is 0 Å². The predicted octanol–water partition coefficient (Wildman–Crippen LogP) is 2.14. The number of rotatable bonds is 3. The molecule has 1 aromatic heterocycles. The normalized spacial score (nSPS) is 17.3. The summed E-state index contributed by atoms with van der Waals surface area (Å²) in [4.78, 5) is 26.3. The van der Waals surface area contributed by atoms with Crippen molar-refractivity contribution in [3.63, 3.8) is 0 Å². The Bertz CT molecular complexity index is 720. The van der Waals surface area contributed by atoms with Crippen LogP contribution in [0.2, 0.25) is 0 Å². The molecule has 0 saturated carbocycles. The van der Waals surface area contributed by atoms with Gasteiger partial charge in [-0.15, -0.1) is 0 Å². The smallest absolute Gasteiger partial charge is 0.270 e. The Morgan fingerprint density at radius 2 is 2.14 bits per heavy atom.